The van der Waals surface area contributed by atoms with E-state index in [1.54, 1.807) is 18.3 Å². The number of methoxy groups -OCH3 is 2. The molecule has 9 heteroatoms. The number of halogens is 3. The second kappa shape index (κ2) is 7.41. The van der Waals surface area contributed by atoms with Crippen LogP contribution >= 0.6 is 46.6 Å². The first-order chi connectivity index (χ1) is 12.0. The molecule has 0 saturated carbocycles. The Morgan fingerprint density at radius 2 is 1.60 bits per heavy atom. The van der Waals surface area contributed by atoms with Crippen molar-refractivity contribution in [3.05, 3.63) is 33.5 Å². The molecule has 0 N–H and O–H groups in total. The molecular formula is C16H12Cl3N3O2S. The maximum absolute atomic E-state index is 6.45. The van der Waals surface area contributed by atoms with Crippen molar-refractivity contribution in [3.63, 3.8) is 0 Å². The van der Waals surface area contributed by atoms with Crippen LogP contribution in [0.4, 0.5) is 0 Å². The van der Waals surface area contributed by atoms with Gasteiger partial charge in [0.15, 0.2) is 10.3 Å². The first kappa shape index (κ1) is 18.3. The number of fused-ring (bicyclic) bond motifs is 1. The summed E-state index contributed by atoms with van der Waals surface area (Å²) in [5, 5.41) is 2.21. The highest BCUT2D eigenvalue weighted by Crippen LogP contribution is 2.46. The fraction of sp³-hybridized carbons (Fsp3) is 0.188. The van der Waals surface area contributed by atoms with Crippen LogP contribution in [0.15, 0.2) is 23.5 Å². The Balaban J connectivity index is 2.30. The maximum atomic E-state index is 6.45. The second-order valence-electron chi connectivity index (χ2n) is 4.88. The van der Waals surface area contributed by atoms with Crippen LogP contribution in [0.5, 0.6) is 11.5 Å². The van der Waals surface area contributed by atoms with E-state index in [1.165, 1.54) is 26.0 Å². The Hall–Kier alpha value is -1.47. The zero-order valence-corrected chi connectivity index (χ0v) is 16.5. The predicted octanol–water partition coefficient (Wildman–Crippen LogP) is 5.39. The van der Waals surface area contributed by atoms with E-state index in [-0.39, 0.29) is 5.15 Å². The van der Waals surface area contributed by atoms with Gasteiger partial charge in [0.2, 0.25) is 0 Å². The van der Waals surface area contributed by atoms with Gasteiger partial charge < -0.3 is 9.47 Å². The molecule has 0 aliphatic rings. The summed E-state index contributed by atoms with van der Waals surface area (Å²) in [5.74, 6) is 0.842. The van der Waals surface area contributed by atoms with Gasteiger partial charge in [0.25, 0.3) is 0 Å². The molecule has 3 rings (SSSR count). The first-order valence-electron chi connectivity index (χ1n) is 6.97. The van der Waals surface area contributed by atoms with Gasteiger partial charge in [0.05, 0.1) is 30.0 Å². The minimum absolute atomic E-state index is 0.235. The van der Waals surface area contributed by atoms with Gasteiger partial charge in [0.1, 0.15) is 17.0 Å². The lowest BCUT2D eigenvalue weighted by atomic mass is 10.1. The van der Waals surface area contributed by atoms with E-state index in [4.69, 9.17) is 44.3 Å². The number of thioether (sulfide) groups is 1. The molecule has 5 nitrogen and oxygen atoms in total. The molecule has 0 aliphatic carbocycles. The van der Waals surface area contributed by atoms with Crippen molar-refractivity contribution in [1.29, 1.82) is 0 Å². The summed E-state index contributed by atoms with van der Waals surface area (Å²) in [5.41, 5.74) is 1.51. The maximum Gasteiger partial charge on any atom is 0.187 e. The molecule has 3 aromatic rings. The molecule has 0 spiro atoms. The van der Waals surface area contributed by atoms with Crippen LogP contribution in [0, 0.1) is 0 Å². The number of aromatic nitrogens is 3. The lowest BCUT2D eigenvalue weighted by Gasteiger charge is -2.15. The molecule has 25 heavy (non-hydrogen) atoms. The standard InChI is InChI=1S/C16H12Cl3N3O2S/c1-23-9-5-10(24-2)13(18)11(12(9)17)8-4-7-6-20-16(25-3)22-14(7)15(19)21-8/h4-6H,1-3H3. The number of ether oxygens (including phenoxy) is 2. The smallest absolute Gasteiger partial charge is 0.187 e. The monoisotopic (exact) mass is 415 g/mol. The summed E-state index contributed by atoms with van der Waals surface area (Å²) in [6, 6.07) is 3.39. The molecule has 2 heterocycles. The number of rotatable bonds is 4. The van der Waals surface area contributed by atoms with Crippen molar-refractivity contribution in [2.75, 3.05) is 20.5 Å². The third kappa shape index (κ3) is 3.31. The fourth-order valence-electron chi connectivity index (χ4n) is 2.32. The molecule has 0 atom stereocenters. The van der Waals surface area contributed by atoms with Crippen LogP contribution in [0.2, 0.25) is 15.2 Å². The highest BCUT2D eigenvalue weighted by molar-refractivity contribution is 7.98. The molecule has 0 amide bonds. The van der Waals surface area contributed by atoms with E-state index in [9.17, 15) is 0 Å². The molecular weight excluding hydrogens is 405 g/mol. The highest BCUT2D eigenvalue weighted by Gasteiger charge is 2.21. The van der Waals surface area contributed by atoms with Crippen LogP contribution in [0.25, 0.3) is 22.2 Å². The Bertz CT molecular complexity index is 941. The van der Waals surface area contributed by atoms with Crippen molar-refractivity contribution in [2.24, 2.45) is 0 Å². The lowest BCUT2D eigenvalue weighted by molar-refractivity contribution is 0.395. The number of nitrogens with zero attached hydrogens (tertiary/aromatic N) is 3. The van der Waals surface area contributed by atoms with Gasteiger partial charge >= 0.3 is 0 Å². The van der Waals surface area contributed by atoms with Gasteiger partial charge in [0, 0.05) is 23.2 Å². The van der Waals surface area contributed by atoms with E-state index in [2.05, 4.69) is 15.0 Å². The molecule has 130 valence electrons. The molecule has 0 bridgehead atoms. The largest absolute Gasteiger partial charge is 0.495 e. The quantitative estimate of drug-likeness (QED) is 0.323. The van der Waals surface area contributed by atoms with Crippen LogP contribution in [-0.2, 0) is 0 Å². The van der Waals surface area contributed by atoms with E-state index in [0.717, 1.165) is 5.39 Å². The minimum atomic E-state index is 0.235. The summed E-state index contributed by atoms with van der Waals surface area (Å²) in [6.07, 6.45) is 3.57. The van der Waals surface area contributed by atoms with Gasteiger partial charge in [-0.2, -0.15) is 0 Å². The van der Waals surface area contributed by atoms with Crippen LogP contribution in [0.3, 0.4) is 0 Å². The summed E-state index contributed by atoms with van der Waals surface area (Å²) >= 11 is 20.6. The van der Waals surface area contributed by atoms with Gasteiger partial charge in [-0.05, 0) is 12.3 Å². The van der Waals surface area contributed by atoms with Gasteiger partial charge in [-0.25, -0.2) is 15.0 Å². The zero-order chi connectivity index (χ0) is 18.1. The molecule has 0 radical (unpaired) electrons. The predicted molar refractivity (Wildman–Crippen MR) is 103 cm³/mol. The van der Waals surface area contributed by atoms with Crippen molar-refractivity contribution in [3.8, 4) is 22.8 Å². The van der Waals surface area contributed by atoms with Gasteiger partial charge in [-0.1, -0.05) is 46.6 Å². The molecule has 2 aromatic heterocycles. The third-order valence-corrected chi connectivity index (χ3v) is 5.09. The van der Waals surface area contributed by atoms with Crippen LogP contribution in [0.1, 0.15) is 0 Å². The molecule has 0 unspecified atom stereocenters. The molecule has 1 aromatic carbocycles. The zero-order valence-electron chi connectivity index (χ0n) is 13.4. The Morgan fingerprint density at radius 1 is 0.960 bits per heavy atom. The summed E-state index contributed by atoms with van der Waals surface area (Å²) in [6.45, 7) is 0. The van der Waals surface area contributed by atoms with E-state index >= 15 is 0 Å². The average Bonchev–Trinajstić information content (AvgIpc) is 2.62. The lowest BCUT2D eigenvalue weighted by Crippen LogP contribution is -1.96. The molecule has 0 fully saturated rings. The van der Waals surface area contributed by atoms with Crippen LogP contribution < -0.4 is 9.47 Å². The Morgan fingerprint density at radius 3 is 2.16 bits per heavy atom. The van der Waals surface area contributed by atoms with E-state index < -0.39 is 0 Å². The van der Waals surface area contributed by atoms with Gasteiger partial charge in [-0.3, -0.25) is 0 Å². The molecule has 0 saturated heterocycles. The van der Waals surface area contributed by atoms with Crippen molar-refractivity contribution >= 4 is 57.5 Å². The number of hydrogen-bond acceptors (Lipinski definition) is 6. The van der Waals surface area contributed by atoms with Crippen molar-refractivity contribution in [2.45, 2.75) is 5.16 Å². The average molecular weight is 417 g/mol. The third-order valence-electron chi connectivity index (χ3n) is 3.51. The number of hydrogen-bond donors (Lipinski definition) is 0. The van der Waals surface area contributed by atoms with Crippen molar-refractivity contribution in [1.82, 2.24) is 15.0 Å². The molecule has 0 aliphatic heterocycles. The SMILES string of the molecule is COc1cc(OC)c(Cl)c(-c2cc3cnc(SC)nc3c(Cl)n2)c1Cl. The number of pyridine rings is 1. The Labute approximate surface area is 163 Å². The minimum Gasteiger partial charge on any atom is -0.495 e. The first-order valence-corrected chi connectivity index (χ1v) is 9.33. The summed E-state index contributed by atoms with van der Waals surface area (Å²) in [4.78, 5) is 13.1. The van der Waals surface area contributed by atoms with E-state index in [1.807, 2.05) is 6.26 Å². The van der Waals surface area contributed by atoms with Crippen molar-refractivity contribution < 1.29 is 9.47 Å². The summed E-state index contributed by atoms with van der Waals surface area (Å²) < 4.78 is 10.6. The normalized spacial score (nSPS) is 11.0. The second-order valence-corrected chi connectivity index (χ2v) is 6.76. The Kier molecular flexibility index (Phi) is 5.43. The highest BCUT2D eigenvalue weighted by atomic mass is 35.5. The van der Waals surface area contributed by atoms with Gasteiger partial charge in [-0.15, -0.1) is 0 Å². The fourth-order valence-corrected chi connectivity index (χ4v) is 3.60. The number of benzene rings is 1. The van der Waals surface area contributed by atoms with E-state index in [0.29, 0.717) is 43.5 Å². The topological polar surface area (TPSA) is 57.1 Å². The summed E-state index contributed by atoms with van der Waals surface area (Å²) in [7, 11) is 3.02. The van der Waals surface area contributed by atoms with Crippen LogP contribution in [-0.4, -0.2) is 35.4 Å².